The first-order valence-corrected chi connectivity index (χ1v) is 7.04. The third kappa shape index (κ3) is 1.81. The van der Waals surface area contributed by atoms with Crippen LogP contribution in [0.5, 0.6) is 0 Å². The highest BCUT2D eigenvalue weighted by Crippen LogP contribution is 2.39. The predicted octanol–water partition coefficient (Wildman–Crippen LogP) is 2.49. The quantitative estimate of drug-likeness (QED) is 0.798. The number of hydrogen-bond acceptors (Lipinski definition) is 3. The fourth-order valence-corrected chi connectivity index (χ4v) is 3.16. The second-order valence-corrected chi connectivity index (χ2v) is 6.14. The van der Waals surface area contributed by atoms with Gasteiger partial charge in [0.15, 0.2) is 0 Å². The number of rotatable bonds is 2. The summed E-state index contributed by atoms with van der Waals surface area (Å²) in [5.41, 5.74) is 1.66. The Balaban J connectivity index is 1.78. The van der Waals surface area contributed by atoms with Gasteiger partial charge >= 0.3 is 0 Å². The molecule has 1 atom stereocenters. The first-order valence-electron chi connectivity index (χ1n) is 7.04. The maximum Gasteiger partial charge on any atom is 0.128 e. The molecule has 2 saturated heterocycles. The van der Waals surface area contributed by atoms with Crippen molar-refractivity contribution in [1.29, 1.82) is 0 Å². The van der Waals surface area contributed by atoms with Gasteiger partial charge in [0.2, 0.25) is 0 Å². The van der Waals surface area contributed by atoms with E-state index in [4.69, 9.17) is 4.98 Å². The number of likely N-dealkylation sites (N-methyl/N-ethyl adjacent to an activating group) is 1. The summed E-state index contributed by atoms with van der Waals surface area (Å²) in [6.07, 6.45) is 2.64. The smallest absolute Gasteiger partial charge is 0.128 e. The normalized spacial score (nSPS) is 28.1. The molecule has 0 radical (unpaired) electrons. The lowest BCUT2D eigenvalue weighted by atomic mass is 9.85. The average molecular weight is 245 g/mol. The summed E-state index contributed by atoms with van der Waals surface area (Å²) in [5.74, 6) is 1.67. The van der Waals surface area contributed by atoms with E-state index < -0.39 is 0 Å². The van der Waals surface area contributed by atoms with Crippen LogP contribution in [0.3, 0.4) is 0 Å². The maximum absolute atomic E-state index is 4.81. The highest BCUT2D eigenvalue weighted by Gasteiger charge is 2.47. The van der Waals surface area contributed by atoms with E-state index in [-0.39, 0.29) is 0 Å². The molecule has 18 heavy (non-hydrogen) atoms. The van der Waals surface area contributed by atoms with E-state index in [0.717, 1.165) is 13.1 Å². The van der Waals surface area contributed by atoms with Crippen LogP contribution in [0.1, 0.15) is 38.3 Å². The van der Waals surface area contributed by atoms with E-state index in [9.17, 15) is 0 Å². The molecule has 1 aromatic heterocycles. The zero-order valence-electron chi connectivity index (χ0n) is 11.7. The molecule has 0 N–H and O–H groups in total. The van der Waals surface area contributed by atoms with Gasteiger partial charge in [-0.15, -0.1) is 0 Å². The van der Waals surface area contributed by atoms with Crippen molar-refractivity contribution < 1.29 is 0 Å². The van der Waals surface area contributed by atoms with Crippen LogP contribution in [0, 0.1) is 0 Å². The van der Waals surface area contributed by atoms with Gasteiger partial charge in [0.1, 0.15) is 5.82 Å². The molecule has 2 aliphatic heterocycles. The van der Waals surface area contributed by atoms with Crippen LogP contribution in [0.2, 0.25) is 0 Å². The Morgan fingerprint density at radius 1 is 1.22 bits per heavy atom. The summed E-state index contributed by atoms with van der Waals surface area (Å²) in [7, 11) is 2.25. The summed E-state index contributed by atoms with van der Waals surface area (Å²) in [4.78, 5) is 9.78. The first kappa shape index (κ1) is 12.0. The van der Waals surface area contributed by atoms with Crippen LogP contribution in [0.15, 0.2) is 18.2 Å². The number of pyridine rings is 1. The monoisotopic (exact) mass is 245 g/mol. The van der Waals surface area contributed by atoms with Gasteiger partial charge < -0.3 is 4.90 Å². The molecule has 2 aliphatic rings. The largest absolute Gasteiger partial charge is 0.355 e. The number of nitrogens with zero attached hydrogens (tertiary/aromatic N) is 3. The van der Waals surface area contributed by atoms with Crippen molar-refractivity contribution in [3.63, 3.8) is 0 Å². The first-order chi connectivity index (χ1) is 8.61. The number of anilines is 1. The highest BCUT2D eigenvalue weighted by molar-refractivity contribution is 5.43. The molecule has 0 saturated carbocycles. The Morgan fingerprint density at radius 2 is 2.00 bits per heavy atom. The van der Waals surface area contributed by atoms with Crippen molar-refractivity contribution in [3.05, 3.63) is 23.9 Å². The van der Waals surface area contributed by atoms with Crippen LogP contribution < -0.4 is 4.90 Å². The molecule has 3 heteroatoms. The van der Waals surface area contributed by atoms with E-state index in [0.29, 0.717) is 11.5 Å². The number of likely N-dealkylation sites (tertiary alicyclic amines) is 1. The molecular weight excluding hydrogens is 222 g/mol. The molecular formula is C15H23N3. The summed E-state index contributed by atoms with van der Waals surface area (Å²) in [6.45, 7) is 7.97. The molecule has 1 spiro atoms. The number of hydrogen-bond donors (Lipinski definition) is 0. The third-order valence-electron chi connectivity index (χ3n) is 4.73. The summed E-state index contributed by atoms with van der Waals surface area (Å²) in [5, 5.41) is 0. The Labute approximate surface area is 110 Å². The van der Waals surface area contributed by atoms with Gasteiger partial charge in [-0.3, -0.25) is 4.90 Å². The van der Waals surface area contributed by atoms with Gasteiger partial charge in [-0.2, -0.15) is 0 Å². The lowest BCUT2D eigenvalue weighted by Crippen LogP contribution is -2.59. The summed E-state index contributed by atoms with van der Waals surface area (Å²) >= 11 is 0. The van der Waals surface area contributed by atoms with Crippen molar-refractivity contribution in [2.45, 2.75) is 38.1 Å². The van der Waals surface area contributed by atoms with Crippen LogP contribution >= 0.6 is 0 Å². The lowest BCUT2D eigenvalue weighted by molar-refractivity contribution is 0.0307. The standard InChI is InChI=1S/C15H23N3/c1-12(2)13-5-4-6-14(16-13)18-10-8-15(11-18)7-9-17(15)3/h4-6,12H,7-11H2,1-3H3/t15-/m0/s1. The Bertz CT molecular complexity index is 443. The Morgan fingerprint density at radius 3 is 2.56 bits per heavy atom. The Kier molecular flexibility index (Phi) is 2.81. The minimum Gasteiger partial charge on any atom is -0.355 e. The lowest BCUT2D eigenvalue weighted by Gasteiger charge is -2.48. The molecule has 3 rings (SSSR count). The Hall–Kier alpha value is -1.09. The van der Waals surface area contributed by atoms with Gasteiger partial charge in [-0.05, 0) is 37.9 Å². The molecule has 1 aromatic rings. The molecule has 0 aliphatic carbocycles. The summed E-state index contributed by atoms with van der Waals surface area (Å²) < 4.78 is 0. The molecule has 2 fully saturated rings. The van der Waals surface area contributed by atoms with Crippen LogP contribution in [-0.2, 0) is 0 Å². The van der Waals surface area contributed by atoms with E-state index in [1.54, 1.807) is 0 Å². The molecule has 98 valence electrons. The van der Waals surface area contributed by atoms with Gasteiger partial charge in [-0.25, -0.2) is 4.98 Å². The topological polar surface area (TPSA) is 19.4 Å². The predicted molar refractivity (Wildman–Crippen MR) is 75.1 cm³/mol. The van der Waals surface area contributed by atoms with Gasteiger partial charge in [-0.1, -0.05) is 19.9 Å². The van der Waals surface area contributed by atoms with Crippen LogP contribution in [0.25, 0.3) is 0 Å². The zero-order valence-corrected chi connectivity index (χ0v) is 11.7. The SMILES string of the molecule is CC(C)c1cccc(N2CC[C@@]3(CCN3C)C2)n1. The number of aromatic nitrogens is 1. The average Bonchev–Trinajstić information content (AvgIpc) is 2.85. The minimum atomic E-state index is 0.454. The van der Waals surface area contributed by atoms with Crippen LogP contribution in [0.4, 0.5) is 5.82 Å². The van der Waals surface area contributed by atoms with Gasteiger partial charge in [0.25, 0.3) is 0 Å². The third-order valence-corrected chi connectivity index (χ3v) is 4.73. The second kappa shape index (κ2) is 4.23. The zero-order chi connectivity index (χ0) is 12.8. The fraction of sp³-hybridized carbons (Fsp3) is 0.667. The molecule has 0 aromatic carbocycles. The summed E-state index contributed by atoms with van der Waals surface area (Å²) in [6, 6.07) is 6.44. The molecule has 0 amide bonds. The minimum absolute atomic E-state index is 0.454. The van der Waals surface area contributed by atoms with Crippen molar-refractivity contribution in [2.24, 2.45) is 0 Å². The van der Waals surface area contributed by atoms with Crippen molar-refractivity contribution in [3.8, 4) is 0 Å². The van der Waals surface area contributed by atoms with E-state index in [2.05, 4.69) is 48.9 Å². The van der Waals surface area contributed by atoms with Gasteiger partial charge in [0, 0.05) is 30.9 Å². The van der Waals surface area contributed by atoms with Crippen molar-refractivity contribution in [2.75, 3.05) is 31.6 Å². The van der Waals surface area contributed by atoms with Crippen molar-refractivity contribution >= 4 is 5.82 Å². The van der Waals surface area contributed by atoms with Gasteiger partial charge in [0.05, 0.1) is 0 Å². The molecule has 3 nitrogen and oxygen atoms in total. The second-order valence-electron chi connectivity index (χ2n) is 6.14. The maximum atomic E-state index is 4.81. The molecule has 0 unspecified atom stereocenters. The molecule has 3 heterocycles. The highest BCUT2D eigenvalue weighted by atomic mass is 15.3. The van der Waals surface area contributed by atoms with E-state index in [1.165, 1.54) is 30.9 Å². The van der Waals surface area contributed by atoms with Crippen molar-refractivity contribution in [1.82, 2.24) is 9.88 Å². The van der Waals surface area contributed by atoms with Crippen LogP contribution in [-0.4, -0.2) is 42.1 Å². The fourth-order valence-electron chi connectivity index (χ4n) is 3.16. The van der Waals surface area contributed by atoms with E-state index >= 15 is 0 Å². The van der Waals surface area contributed by atoms with E-state index in [1.807, 2.05) is 0 Å². The molecule has 0 bridgehead atoms.